The Morgan fingerprint density at radius 2 is 1.78 bits per heavy atom. The Bertz CT molecular complexity index is 712. The predicted octanol–water partition coefficient (Wildman–Crippen LogP) is 4.72. The van der Waals surface area contributed by atoms with E-state index in [4.69, 9.17) is 4.84 Å². The molecule has 4 saturated carbocycles. The van der Waals surface area contributed by atoms with Crippen molar-refractivity contribution >= 4 is 11.8 Å². The number of carbonyl (C=O) groups excluding carboxylic acids is 1. The van der Waals surface area contributed by atoms with Gasteiger partial charge >= 0.3 is 6.09 Å². The van der Waals surface area contributed by atoms with Crippen LogP contribution in [0.5, 0.6) is 0 Å². The second-order valence-corrected chi connectivity index (χ2v) is 11.7. The van der Waals surface area contributed by atoms with E-state index in [1.807, 2.05) is 6.92 Å². The summed E-state index contributed by atoms with van der Waals surface area (Å²) in [4.78, 5) is 17.2. The minimum Gasteiger partial charge on any atom is -0.393 e. The standard InChI is InChI=1S/C26H45N3O3/c1-5-27-14-15-28-24(31)32-29-17(2)21-8-9-22-20-7-6-18-16-19(30)10-12-25(18,3)23(20)11-13-26(21,22)4/h18-23,27,30H,5-16H2,1-4H3,(H,28,31)/b29-17+/t18-,19+,20+,21-,22+,23+,25+,26-/m1/s1. The molecule has 4 aliphatic carbocycles. The fraction of sp³-hybridized carbons (Fsp3) is 0.923. The quantitative estimate of drug-likeness (QED) is 0.238. The lowest BCUT2D eigenvalue weighted by atomic mass is 9.44. The summed E-state index contributed by atoms with van der Waals surface area (Å²) >= 11 is 0. The summed E-state index contributed by atoms with van der Waals surface area (Å²) in [5.41, 5.74) is 1.66. The van der Waals surface area contributed by atoms with Crippen LogP contribution in [0.3, 0.4) is 0 Å². The van der Waals surface area contributed by atoms with Crippen molar-refractivity contribution in [1.82, 2.24) is 10.6 Å². The summed E-state index contributed by atoms with van der Waals surface area (Å²) in [6, 6.07) is 0. The normalized spacial score (nSPS) is 43.7. The van der Waals surface area contributed by atoms with Gasteiger partial charge in [-0.05, 0) is 106 Å². The van der Waals surface area contributed by atoms with E-state index in [0.29, 0.717) is 23.8 Å². The SMILES string of the molecule is CCNCCNC(=O)O/N=C(\C)[C@H]1CC[C@H]2[C@@H]3CC[C@@H]4C[C@@H](O)CC[C@]4(C)[C@H]3CC[C@]12C. The van der Waals surface area contributed by atoms with E-state index in [1.165, 1.54) is 38.5 Å². The number of hydrogen-bond acceptors (Lipinski definition) is 5. The molecule has 182 valence electrons. The maximum atomic E-state index is 12.0. The number of amides is 1. The van der Waals surface area contributed by atoms with E-state index >= 15 is 0 Å². The minimum absolute atomic E-state index is 0.0756. The number of rotatable bonds is 6. The maximum Gasteiger partial charge on any atom is 0.433 e. The third-order valence-electron chi connectivity index (χ3n) is 10.2. The Kier molecular flexibility index (Phi) is 7.21. The molecule has 6 heteroatoms. The molecule has 0 spiro atoms. The molecule has 32 heavy (non-hydrogen) atoms. The van der Waals surface area contributed by atoms with Crippen LogP contribution in [0.1, 0.15) is 85.5 Å². The molecule has 1 amide bonds. The molecule has 8 atom stereocenters. The van der Waals surface area contributed by atoms with Crippen LogP contribution in [0.4, 0.5) is 4.79 Å². The average molecular weight is 448 g/mol. The van der Waals surface area contributed by atoms with Crippen molar-refractivity contribution in [2.24, 2.45) is 45.6 Å². The monoisotopic (exact) mass is 447 g/mol. The number of nitrogens with one attached hydrogen (secondary N) is 2. The first kappa shape index (κ1) is 24.0. The summed E-state index contributed by atoms with van der Waals surface area (Å²) in [7, 11) is 0. The van der Waals surface area contributed by atoms with Gasteiger partial charge in [0.15, 0.2) is 0 Å². The second kappa shape index (κ2) is 9.61. The molecule has 4 rings (SSSR count). The van der Waals surface area contributed by atoms with Gasteiger partial charge in [0.2, 0.25) is 0 Å². The number of aliphatic hydroxyl groups is 1. The number of hydrogen-bond donors (Lipinski definition) is 3. The van der Waals surface area contributed by atoms with E-state index in [2.05, 4.69) is 36.6 Å². The van der Waals surface area contributed by atoms with Crippen LogP contribution in [-0.2, 0) is 4.84 Å². The van der Waals surface area contributed by atoms with Gasteiger partial charge in [0.05, 0.1) is 11.8 Å². The number of carbonyl (C=O) groups is 1. The highest BCUT2D eigenvalue weighted by atomic mass is 16.7. The van der Waals surface area contributed by atoms with Crippen LogP contribution in [-0.4, -0.2) is 42.6 Å². The molecular weight excluding hydrogens is 402 g/mol. The summed E-state index contributed by atoms with van der Waals surface area (Å²) in [6.07, 6.45) is 10.3. The van der Waals surface area contributed by atoms with Crippen LogP contribution in [0.2, 0.25) is 0 Å². The lowest BCUT2D eigenvalue weighted by molar-refractivity contribution is -0.123. The Balaban J connectivity index is 1.40. The average Bonchev–Trinajstić information content (AvgIpc) is 3.13. The van der Waals surface area contributed by atoms with Gasteiger partial charge in [-0.1, -0.05) is 25.9 Å². The Morgan fingerprint density at radius 3 is 2.56 bits per heavy atom. The van der Waals surface area contributed by atoms with Gasteiger partial charge in [0.1, 0.15) is 0 Å². The third-order valence-corrected chi connectivity index (χ3v) is 10.2. The van der Waals surface area contributed by atoms with Crippen molar-refractivity contribution in [3.8, 4) is 0 Å². The molecular formula is C26H45N3O3. The van der Waals surface area contributed by atoms with Gasteiger partial charge in [-0.2, -0.15) is 0 Å². The van der Waals surface area contributed by atoms with Crippen LogP contribution in [0, 0.1) is 40.4 Å². The maximum absolute atomic E-state index is 12.0. The van der Waals surface area contributed by atoms with Crippen molar-refractivity contribution in [1.29, 1.82) is 0 Å². The molecule has 0 heterocycles. The molecule has 3 N–H and O–H groups in total. The van der Waals surface area contributed by atoms with Gasteiger partial charge in [0.25, 0.3) is 0 Å². The molecule has 0 aliphatic heterocycles. The first-order chi connectivity index (χ1) is 15.3. The van der Waals surface area contributed by atoms with E-state index in [-0.39, 0.29) is 11.5 Å². The number of aliphatic hydroxyl groups excluding tert-OH is 1. The van der Waals surface area contributed by atoms with Crippen molar-refractivity contribution < 1.29 is 14.7 Å². The van der Waals surface area contributed by atoms with Crippen LogP contribution >= 0.6 is 0 Å². The molecule has 0 aromatic carbocycles. The Morgan fingerprint density at radius 1 is 1.03 bits per heavy atom. The second-order valence-electron chi connectivity index (χ2n) is 11.7. The number of oxime groups is 1. The van der Waals surface area contributed by atoms with Crippen LogP contribution in [0.15, 0.2) is 5.16 Å². The first-order valence-electron chi connectivity index (χ1n) is 13.2. The largest absolute Gasteiger partial charge is 0.433 e. The van der Waals surface area contributed by atoms with Gasteiger partial charge in [-0.25, -0.2) is 4.79 Å². The predicted molar refractivity (Wildman–Crippen MR) is 127 cm³/mol. The fourth-order valence-electron chi connectivity index (χ4n) is 8.56. The minimum atomic E-state index is -0.462. The highest BCUT2D eigenvalue weighted by Gasteiger charge is 2.60. The van der Waals surface area contributed by atoms with E-state index in [0.717, 1.165) is 55.8 Å². The number of likely N-dealkylation sites (N-methyl/N-ethyl adjacent to an activating group) is 1. The lowest BCUT2D eigenvalue weighted by Gasteiger charge is -2.61. The van der Waals surface area contributed by atoms with Gasteiger partial charge in [-0.15, -0.1) is 0 Å². The van der Waals surface area contributed by atoms with Crippen molar-refractivity contribution in [2.45, 2.75) is 91.6 Å². The van der Waals surface area contributed by atoms with Gasteiger partial charge < -0.3 is 15.7 Å². The molecule has 0 bridgehead atoms. The molecule has 4 fully saturated rings. The van der Waals surface area contributed by atoms with Gasteiger partial charge in [0, 0.05) is 19.0 Å². The molecule has 4 aliphatic rings. The summed E-state index contributed by atoms with van der Waals surface area (Å²) in [5.74, 6) is 3.47. The van der Waals surface area contributed by atoms with E-state index in [9.17, 15) is 9.90 Å². The van der Waals surface area contributed by atoms with E-state index in [1.54, 1.807) is 0 Å². The molecule has 0 aromatic rings. The van der Waals surface area contributed by atoms with Crippen LogP contribution < -0.4 is 10.6 Å². The Hall–Kier alpha value is -1.14. The van der Waals surface area contributed by atoms with Crippen molar-refractivity contribution in [2.75, 3.05) is 19.6 Å². The summed E-state index contributed by atoms with van der Waals surface area (Å²) in [5, 5.41) is 20.5. The summed E-state index contributed by atoms with van der Waals surface area (Å²) < 4.78 is 0. The zero-order valence-electron chi connectivity index (χ0n) is 20.7. The molecule has 0 saturated heterocycles. The number of fused-ring (bicyclic) bond motifs is 5. The fourth-order valence-corrected chi connectivity index (χ4v) is 8.56. The first-order valence-corrected chi connectivity index (χ1v) is 13.2. The highest BCUT2D eigenvalue weighted by Crippen LogP contribution is 2.67. The van der Waals surface area contributed by atoms with Crippen molar-refractivity contribution in [3.63, 3.8) is 0 Å². The molecule has 0 aromatic heterocycles. The lowest BCUT2D eigenvalue weighted by Crippen LogP contribution is -2.54. The molecule has 6 nitrogen and oxygen atoms in total. The summed E-state index contributed by atoms with van der Waals surface area (Å²) in [6.45, 7) is 11.3. The van der Waals surface area contributed by atoms with E-state index < -0.39 is 6.09 Å². The smallest absolute Gasteiger partial charge is 0.393 e. The van der Waals surface area contributed by atoms with Crippen LogP contribution in [0.25, 0.3) is 0 Å². The zero-order valence-corrected chi connectivity index (χ0v) is 20.7. The number of nitrogens with zero attached hydrogens (tertiary/aromatic N) is 1. The topological polar surface area (TPSA) is 83.0 Å². The van der Waals surface area contributed by atoms with Crippen molar-refractivity contribution in [3.05, 3.63) is 0 Å². The zero-order chi connectivity index (χ0) is 22.9. The third kappa shape index (κ3) is 4.34. The molecule has 0 radical (unpaired) electrons. The Labute approximate surface area is 194 Å². The molecule has 0 unspecified atom stereocenters. The highest BCUT2D eigenvalue weighted by molar-refractivity contribution is 5.85. The van der Waals surface area contributed by atoms with Gasteiger partial charge in [-0.3, -0.25) is 4.84 Å².